The second-order valence-corrected chi connectivity index (χ2v) is 7.83. The van der Waals surface area contributed by atoms with Crippen molar-refractivity contribution in [1.29, 1.82) is 0 Å². The van der Waals surface area contributed by atoms with Crippen LogP contribution in [0.3, 0.4) is 0 Å². The molecule has 0 amide bonds. The Balaban J connectivity index is 1.53. The number of benzene rings is 2. The maximum Gasteiger partial charge on any atom is 0.143 e. The largest absolute Gasteiger partial charge is 0.372 e. The van der Waals surface area contributed by atoms with E-state index in [2.05, 4.69) is 49.4 Å². The van der Waals surface area contributed by atoms with Crippen molar-refractivity contribution in [3.05, 3.63) is 47.7 Å². The molecule has 130 valence electrons. The number of rotatable bonds is 3. The second kappa shape index (κ2) is 6.21. The van der Waals surface area contributed by atoms with Gasteiger partial charge in [0.1, 0.15) is 12.1 Å². The molecule has 26 heavy (non-hydrogen) atoms. The molecule has 5 nitrogen and oxygen atoms in total. The lowest BCUT2D eigenvalue weighted by atomic mass is 10.2. The van der Waals surface area contributed by atoms with Crippen LogP contribution < -0.4 is 10.2 Å². The minimum Gasteiger partial charge on any atom is -0.372 e. The first kappa shape index (κ1) is 15.5. The van der Waals surface area contributed by atoms with E-state index < -0.39 is 0 Å². The molecule has 2 aromatic carbocycles. The number of hydrogen-bond donors (Lipinski definition) is 1. The van der Waals surface area contributed by atoms with Gasteiger partial charge >= 0.3 is 0 Å². The van der Waals surface area contributed by atoms with Crippen molar-refractivity contribution in [2.45, 2.75) is 19.8 Å². The van der Waals surface area contributed by atoms with Gasteiger partial charge in [0.05, 0.1) is 26.1 Å². The zero-order valence-corrected chi connectivity index (χ0v) is 15.4. The van der Waals surface area contributed by atoms with Gasteiger partial charge in [0.15, 0.2) is 0 Å². The standard InChI is InChI=1S/C20H19N5S/c1-13-23-17-9-8-16-18(19(17)26-13)20(22-12-21-16)24-14-4-6-15(7-5-14)25-10-2-3-11-25/h4-9,12H,2-3,10-11H2,1H3,(H,21,22,24). The quantitative estimate of drug-likeness (QED) is 0.563. The monoisotopic (exact) mass is 361 g/mol. The van der Waals surface area contributed by atoms with Crippen LogP contribution in [0.15, 0.2) is 42.7 Å². The summed E-state index contributed by atoms with van der Waals surface area (Å²) in [5.74, 6) is 0.832. The lowest BCUT2D eigenvalue weighted by molar-refractivity contribution is 0.949. The van der Waals surface area contributed by atoms with Crippen molar-refractivity contribution in [3.63, 3.8) is 0 Å². The number of fused-ring (bicyclic) bond motifs is 3. The Morgan fingerprint density at radius 2 is 1.73 bits per heavy atom. The number of hydrogen-bond acceptors (Lipinski definition) is 6. The molecule has 1 aliphatic rings. The highest BCUT2D eigenvalue weighted by atomic mass is 32.1. The van der Waals surface area contributed by atoms with Crippen molar-refractivity contribution >= 4 is 49.6 Å². The summed E-state index contributed by atoms with van der Waals surface area (Å²) in [6, 6.07) is 12.7. The molecule has 1 saturated heterocycles. The lowest BCUT2D eigenvalue weighted by Gasteiger charge is -2.18. The summed E-state index contributed by atoms with van der Waals surface area (Å²) in [5, 5.41) is 5.57. The van der Waals surface area contributed by atoms with Gasteiger partial charge < -0.3 is 10.2 Å². The number of thiazole rings is 1. The van der Waals surface area contributed by atoms with Gasteiger partial charge in [-0.15, -0.1) is 11.3 Å². The number of anilines is 3. The molecule has 1 N–H and O–H groups in total. The maximum atomic E-state index is 4.60. The predicted molar refractivity (Wildman–Crippen MR) is 109 cm³/mol. The Kier molecular flexibility index (Phi) is 3.71. The molecule has 6 heteroatoms. The van der Waals surface area contributed by atoms with Crippen molar-refractivity contribution in [3.8, 4) is 0 Å². The smallest absolute Gasteiger partial charge is 0.143 e. The van der Waals surface area contributed by atoms with Crippen molar-refractivity contribution in [1.82, 2.24) is 15.0 Å². The molecule has 5 rings (SSSR count). The van der Waals surface area contributed by atoms with Gasteiger partial charge in [0, 0.05) is 24.5 Å². The maximum absolute atomic E-state index is 4.60. The van der Waals surface area contributed by atoms with Gasteiger partial charge in [-0.25, -0.2) is 15.0 Å². The van der Waals surface area contributed by atoms with Gasteiger partial charge in [-0.2, -0.15) is 0 Å². The van der Waals surface area contributed by atoms with Crippen LogP contribution in [0.1, 0.15) is 17.8 Å². The van der Waals surface area contributed by atoms with E-state index in [1.165, 1.54) is 18.5 Å². The third kappa shape index (κ3) is 2.66. The van der Waals surface area contributed by atoms with Gasteiger partial charge in [0.25, 0.3) is 0 Å². The molecule has 0 bridgehead atoms. The van der Waals surface area contributed by atoms with Crippen LogP contribution in [0.2, 0.25) is 0 Å². The molecule has 1 aliphatic heterocycles. The topological polar surface area (TPSA) is 53.9 Å². The van der Waals surface area contributed by atoms with E-state index in [0.29, 0.717) is 0 Å². The van der Waals surface area contributed by atoms with Crippen LogP contribution in [0.25, 0.3) is 21.1 Å². The van der Waals surface area contributed by atoms with Crippen molar-refractivity contribution in [2.75, 3.05) is 23.3 Å². The lowest BCUT2D eigenvalue weighted by Crippen LogP contribution is -2.17. The number of nitrogens with zero attached hydrogens (tertiary/aromatic N) is 4. The van der Waals surface area contributed by atoms with Crippen LogP contribution in [0.5, 0.6) is 0 Å². The molecule has 0 saturated carbocycles. The van der Waals surface area contributed by atoms with E-state index in [4.69, 9.17) is 0 Å². The SMILES string of the molecule is Cc1nc2ccc3ncnc(Nc4ccc(N5CCCC5)cc4)c3c2s1. The molecule has 4 aromatic rings. The summed E-state index contributed by atoms with van der Waals surface area (Å²) in [5.41, 5.74) is 4.27. The normalized spacial score (nSPS) is 14.4. The highest BCUT2D eigenvalue weighted by Crippen LogP contribution is 2.34. The molecule has 1 fully saturated rings. The Labute approximate surface area is 155 Å². The summed E-state index contributed by atoms with van der Waals surface area (Å²) >= 11 is 1.69. The first-order valence-electron chi connectivity index (χ1n) is 8.91. The van der Waals surface area contributed by atoms with Crippen LogP contribution in [-0.2, 0) is 0 Å². The average Bonchev–Trinajstić information content (AvgIpc) is 3.31. The first-order chi connectivity index (χ1) is 12.8. The van der Waals surface area contributed by atoms with Crippen LogP contribution in [0, 0.1) is 6.92 Å². The van der Waals surface area contributed by atoms with E-state index in [9.17, 15) is 0 Å². The fourth-order valence-corrected chi connectivity index (χ4v) is 4.57. The second-order valence-electron chi connectivity index (χ2n) is 6.63. The minimum atomic E-state index is 0.832. The van der Waals surface area contributed by atoms with E-state index in [1.54, 1.807) is 17.7 Å². The fourth-order valence-electron chi connectivity index (χ4n) is 3.60. The Bertz CT molecular complexity index is 1080. The highest BCUT2D eigenvalue weighted by molar-refractivity contribution is 7.19. The molecule has 0 spiro atoms. The Morgan fingerprint density at radius 3 is 2.54 bits per heavy atom. The van der Waals surface area contributed by atoms with Crippen LogP contribution >= 0.6 is 11.3 Å². The zero-order valence-electron chi connectivity index (χ0n) is 14.6. The summed E-state index contributed by atoms with van der Waals surface area (Å²) < 4.78 is 1.14. The first-order valence-corrected chi connectivity index (χ1v) is 9.72. The predicted octanol–water partition coefficient (Wildman–Crippen LogP) is 4.89. The molecule has 0 unspecified atom stereocenters. The average molecular weight is 361 g/mol. The third-order valence-electron chi connectivity index (χ3n) is 4.86. The molecule has 2 aromatic heterocycles. The van der Waals surface area contributed by atoms with Gasteiger partial charge in [-0.1, -0.05) is 0 Å². The molecule has 0 radical (unpaired) electrons. The van der Waals surface area contributed by atoms with Crippen LogP contribution in [-0.4, -0.2) is 28.0 Å². The van der Waals surface area contributed by atoms with Gasteiger partial charge in [0.2, 0.25) is 0 Å². The third-order valence-corrected chi connectivity index (χ3v) is 5.87. The van der Waals surface area contributed by atoms with Crippen molar-refractivity contribution < 1.29 is 0 Å². The minimum absolute atomic E-state index is 0.832. The van der Waals surface area contributed by atoms with E-state index >= 15 is 0 Å². The summed E-state index contributed by atoms with van der Waals surface area (Å²) in [7, 11) is 0. The molecule has 3 heterocycles. The molecule has 0 atom stereocenters. The number of nitrogens with one attached hydrogen (secondary N) is 1. The Hall–Kier alpha value is -2.73. The van der Waals surface area contributed by atoms with E-state index in [-0.39, 0.29) is 0 Å². The fraction of sp³-hybridized carbons (Fsp3) is 0.250. The number of aryl methyl sites for hydroxylation is 1. The summed E-state index contributed by atoms with van der Waals surface area (Å²) in [4.78, 5) is 16.0. The highest BCUT2D eigenvalue weighted by Gasteiger charge is 2.13. The van der Waals surface area contributed by atoms with Crippen molar-refractivity contribution in [2.24, 2.45) is 0 Å². The molecular weight excluding hydrogens is 342 g/mol. The van der Waals surface area contributed by atoms with E-state index in [1.807, 2.05) is 19.1 Å². The molecular formula is C20H19N5S. The van der Waals surface area contributed by atoms with Gasteiger partial charge in [-0.3, -0.25) is 0 Å². The zero-order chi connectivity index (χ0) is 17.5. The van der Waals surface area contributed by atoms with Crippen LogP contribution in [0.4, 0.5) is 17.2 Å². The summed E-state index contributed by atoms with van der Waals surface area (Å²) in [6.07, 6.45) is 4.19. The van der Waals surface area contributed by atoms with Gasteiger partial charge in [-0.05, 0) is 56.2 Å². The number of aromatic nitrogens is 3. The molecule has 0 aliphatic carbocycles. The van der Waals surface area contributed by atoms with E-state index in [0.717, 1.165) is 50.7 Å². The summed E-state index contributed by atoms with van der Waals surface area (Å²) in [6.45, 7) is 4.35. The Morgan fingerprint density at radius 1 is 0.962 bits per heavy atom.